The molecule has 1 aromatic carbocycles. The molecule has 0 bridgehead atoms. The van der Waals surface area contributed by atoms with Crippen molar-refractivity contribution in [2.75, 3.05) is 33.0 Å². The molecule has 3 aromatic rings. The van der Waals surface area contributed by atoms with E-state index in [1.807, 2.05) is 6.07 Å². The highest BCUT2D eigenvalue weighted by Crippen LogP contribution is 2.39. The van der Waals surface area contributed by atoms with Crippen molar-refractivity contribution in [2.24, 2.45) is 11.8 Å². The first-order valence-electron chi connectivity index (χ1n) is 28.2. The summed E-state index contributed by atoms with van der Waals surface area (Å²) in [6.07, 6.45) is -2.24. The van der Waals surface area contributed by atoms with E-state index in [2.05, 4.69) is 26.6 Å². The van der Waals surface area contributed by atoms with Crippen molar-refractivity contribution in [3.8, 4) is 11.4 Å². The number of esters is 1. The fourth-order valence-corrected chi connectivity index (χ4v) is 9.84. The van der Waals surface area contributed by atoms with E-state index in [4.69, 9.17) is 24.7 Å². The number of imide groups is 1. The lowest BCUT2D eigenvalue weighted by Crippen LogP contribution is -2.57. The number of aromatic nitrogens is 2. The standard InChI is InChI=1S/C48H62FN7O11.C9H19NO6.CH4/c1-8-48(65)34-20-37-41-30(22-56(37)46(63)33(34)23-67-47(48)64)19-32-31(27(5)35(49)21-36(32)53-41)14-11-13-17-66-24-50-42(59)28(6)52-44(61)40(25(2)3)54-43(60)29(7)51-38(57)15-10-9-12-16-55-39(58)18-26(4)45(55)62;1-2-7(14)10-3-5(12)8(15)9(16)6(13)4-11;/h19-21,25-26,28-29,40,65H,8-18,22-24H2,1-7H3,(H,50,59)(H,51,57)(H,52,61)(H,54,60);5-6,8-9,11-13,15-16H,2-4H2,1H3,(H,10,14);1H4/t26?,28-,29-,40-,48-;5-,6+,8+,9+;/m00./s1. The molecule has 0 radical (unpaired) electrons. The zero-order valence-electron chi connectivity index (χ0n) is 48.3. The van der Waals surface area contributed by atoms with Gasteiger partial charge in [-0.1, -0.05) is 48.5 Å². The van der Waals surface area contributed by atoms with Gasteiger partial charge in [0.15, 0.2) is 5.60 Å². The Labute approximate surface area is 487 Å². The number of aryl methyl sites for hydroxylation is 1. The van der Waals surface area contributed by atoms with Crippen LogP contribution in [-0.2, 0) is 73.0 Å². The second-order valence-corrected chi connectivity index (χ2v) is 21.7. The van der Waals surface area contributed by atoms with E-state index in [1.165, 1.54) is 29.4 Å². The fourth-order valence-electron chi connectivity index (χ4n) is 9.84. The Bertz CT molecular complexity index is 2940. The summed E-state index contributed by atoms with van der Waals surface area (Å²) in [6.45, 7) is 12.7. The van der Waals surface area contributed by atoms with Crippen molar-refractivity contribution < 1.29 is 82.9 Å². The average molecular weight is 1190 g/mol. The molecule has 0 aliphatic carbocycles. The first kappa shape index (κ1) is 69.7. The van der Waals surface area contributed by atoms with E-state index in [0.717, 1.165) is 16.5 Å². The Morgan fingerprint density at radius 1 is 0.857 bits per heavy atom. The number of rotatable bonds is 28. The van der Waals surface area contributed by atoms with Gasteiger partial charge in [-0.25, -0.2) is 14.2 Å². The number of cyclic esters (lactones) is 1. The molecule has 5 heterocycles. The molecule has 25 nitrogen and oxygen atoms in total. The molecule has 6 rings (SSSR count). The van der Waals surface area contributed by atoms with E-state index in [-0.39, 0.29) is 118 Å². The number of carbonyl (C=O) groups is 8. The molecule has 11 N–H and O–H groups in total. The number of fused-ring (bicyclic) bond motifs is 5. The van der Waals surface area contributed by atoms with Crippen LogP contribution in [0.2, 0.25) is 0 Å². The van der Waals surface area contributed by atoms with Crippen molar-refractivity contribution in [2.45, 2.75) is 188 Å². The Hall–Kier alpha value is -6.81. The number of aliphatic hydroxyl groups is 6. The summed E-state index contributed by atoms with van der Waals surface area (Å²) in [7, 11) is 0. The average Bonchev–Trinajstić information content (AvgIpc) is 1.77. The van der Waals surface area contributed by atoms with E-state index in [0.29, 0.717) is 67.5 Å². The molecule has 3 aliphatic heterocycles. The van der Waals surface area contributed by atoms with Gasteiger partial charge in [0.2, 0.25) is 41.4 Å². The first-order chi connectivity index (χ1) is 39.2. The molecular weight excluding hydrogens is 1100 g/mol. The van der Waals surface area contributed by atoms with Crippen LogP contribution in [0.1, 0.15) is 141 Å². The van der Waals surface area contributed by atoms with Gasteiger partial charge in [0.1, 0.15) is 55.6 Å². The van der Waals surface area contributed by atoms with Gasteiger partial charge >= 0.3 is 5.97 Å². The number of aliphatic hydroxyl groups excluding tert-OH is 5. The summed E-state index contributed by atoms with van der Waals surface area (Å²) in [5.74, 6) is -4.54. The molecule has 2 aromatic heterocycles. The second kappa shape index (κ2) is 31.4. The minimum absolute atomic E-state index is 0. The fraction of sp³-hybridized carbons (Fsp3) is 0.621. The Morgan fingerprint density at radius 2 is 1.54 bits per heavy atom. The lowest BCUT2D eigenvalue weighted by atomic mass is 9.86. The quantitative estimate of drug-likeness (QED) is 0.0161. The number of ether oxygens (including phenoxy) is 2. The third kappa shape index (κ3) is 17.0. The highest BCUT2D eigenvalue weighted by Gasteiger charge is 2.45. The van der Waals surface area contributed by atoms with Crippen LogP contribution >= 0.6 is 0 Å². The molecule has 7 amide bonds. The number of halogens is 1. The Morgan fingerprint density at radius 3 is 2.17 bits per heavy atom. The zero-order valence-corrected chi connectivity index (χ0v) is 48.3. The van der Waals surface area contributed by atoms with Gasteiger partial charge in [-0.3, -0.25) is 43.3 Å². The normalized spacial score (nSPS) is 18.5. The zero-order chi connectivity index (χ0) is 61.6. The van der Waals surface area contributed by atoms with Crippen LogP contribution < -0.4 is 32.1 Å². The first-order valence-corrected chi connectivity index (χ1v) is 28.2. The molecule has 0 saturated carbocycles. The van der Waals surface area contributed by atoms with Crippen molar-refractivity contribution in [1.29, 1.82) is 0 Å². The predicted octanol–water partition coefficient (Wildman–Crippen LogP) is 0.630. The molecule has 1 fully saturated rings. The van der Waals surface area contributed by atoms with Crippen LogP contribution in [0.25, 0.3) is 22.3 Å². The number of pyridine rings is 2. The van der Waals surface area contributed by atoms with Crippen LogP contribution in [0, 0.1) is 24.6 Å². The summed E-state index contributed by atoms with van der Waals surface area (Å²) >= 11 is 0. The van der Waals surface area contributed by atoms with Gasteiger partial charge in [0.25, 0.3) is 5.56 Å². The number of carbonyl (C=O) groups excluding carboxylic acids is 8. The van der Waals surface area contributed by atoms with Crippen molar-refractivity contribution in [1.82, 2.24) is 41.0 Å². The molecule has 26 heteroatoms. The van der Waals surface area contributed by atoms with E-state index in [1.54, 1.807) is 47.6 Å². The Kier molecular flexibility index (Phi) is 26.0. The van der Waals surface area contributed by atoms with Crippen LogP contribution in [0.3, 0.4) is 0 Å². The highest BCUT2D eigenvalue weighted by molar-refractivity contribution is 6.03. The third-order valence-electron chi connectivity index (χ3n) is 15.1. The summed E-state index contributed by atoms with van der Waals surface area (Å²) in [5, 5.41) is 70.3. The molecule has 466 valence electrons. The van der Waals surface area contributed by atoms with Gasteiger partial charge in [-0.05, 0) is 88.5 Å². The molecular formula is C58H85FN8O17. The van der Waals surface area contributed by atoms with Crippen LogP contribution in [0.5, 0.6) is 0 Å². The number of amides is 7. The number of hydrogen-bond acceptors (Lipinski definition) is 18. The number of nitrogens with one attached hydrogen (secondary N) is 5. The SMILES string of the molecule is C.CCC(=O)NC[C@H](O)[C@@H](O)[C@H](O)[C@H](O)CO.CC[C@@]1(O)C(=O)OCc2c1cc1n(c2=O)Cc2cc3c(CCCCOCNC(=O)[C@H](C)NC(=O)[C@@H](NC(=O)[C@H](C)NC(=O)CCCCCN4C(=O)CC(C)C4=O)C(C)C)c(C)c(F)cc3nc2-1. The van der Waals surface area contributed by atoms with Crippen LogP contribution in [0.15, 0.2) is 23.0 Å². The molecule has 1 unspecified atom stereocenters. The maximum Gasteiger partial charge on any atom is 0.343 e. The molecule has 1 saturated heterocycles. The number of likely N-dealkylation sites (tertiary alicyclic amines) is 1. The number of unbranched alkanes of at least 4 members (excludes halogenated alkanes) is 3. The highest BCUT2D eigenvalue weighted by atomic mass is 19.1. The van der Waals surface area contributed by atoms with Crippen molar-refractivity contribution in [3.05, 3.63) is 62.2 Å². The second-order valence-electron chi connectivity index (χ2n) is 21.7. The minimum atomic E-state index is -1.96. The van der Waals surface area contributed by atoms with Gasteiger partial charge in [-0.2, -0.15) is 0 Å². The van der Waals surface area contributed by atoms with Gasteiger partial charge in [0, 0.05) is 67.5 Å². The van der Waals surface area contributed by atoms with Crippen LogP contribution in [0.4, 0.5) is 4.39 Å². The van der Waals surface area contributed by atoms with Gasteiger partial charge < -0.3 is 71.3 Å². The smallest absolute Gasteiger partial charge is 0.343 e. The molecule has 0 spiro atoms. The monoisotopic (exact) mass is 1180 g/mol. The van der Waals surface area contributed by atoms with Gasteiger partial charge in [-0.15, -0.1) is 0 Å². The maximum absolute atomic E-state index is 15.3. The molecule has 9 atom stereocenters. The third-order valence-corrected chi connectivity index (χ3v) is 15.1. The topological polar surface area (TPSA) is 375 Å². The van der Waals surface area contributed by atoms with Crippen molar-refractivity contribution >= 4 is 58.2 Å². The lowest BCUT2D eigenvalue weighted by Gasteiger charge is -2.31. The predicted molar refractivity (Wildman–Crippen MR) is 303 cm³/mol. The summed E-state index contributed by atoms with van der Waals surface area (Å²) < 4.78 is 27.7. The Balaban J connectivity index is 0.000000775. The molecule has 84 heavy (non-hydrogen) atoms. The van der Waals surface area contributed by atoms with E-state index >= 15 is 4.39 Å². The maximum atomic E-state index is 15.3. The summed E-state index contributed by atoms with van der Waals surface area (Å²) in [5.41, 5.74) is 1.41. The van der Waals surface area contributed by atoms with E-state index in [9.17, 15) is 63.6 Å². The minimum Gasteiger partial charge on any atom is -0.458 e. The number of benzene rings is 1. The molecule has 3 aliphatic rings. The largest absolute Gasteiger partial charge is 0.458 e. The van der Waals surface area contributed by atoms with E-state index < -0.39 is 84.3 Å². The summed E-state index contributed by atoms with van der Waals surface area (Å²) in [4.78, 5) is 119. The summed E-state index contributed by atoms with van der Waals surface area (Å²) in [6, 6.07) is 2.00. The van der Waals surface area contributed by atoms with Gasteiger partial charge in [0.05, 0.1) is 41.7 Å². The van der Waals surface area contributed by atoms with Crippen LogP contribution in [-0.4, -0.2) is 168 Å². The number of nitrogens with zero attached hydrogens (tertiary/aromatic N) is 3. The lowest BCUT2D eigenvalue weighted by molar-refractivity contribution is -0.172. The number of hydrogen-bond donors (Lipinski definition) is 11. The van der Waals surface area contributed by atoms with Crippen molar-refractivity contribution in [3.63, 3.8) is 0 Å².